The second kappa shape index (κ2) is 17.0. The van der Waals surface area contributed by atoms with Crippen molar-refractivity contribution in [3.63, 3.8) is 0 Å². The number of rotatable bonds is 18. The van der Waals surface area contributed by atoms with E-state index in [1.807, 2.05) is 52.5 Å². The maximum atomic E-state index is 12.9. The third kappa shape index (κ3) is 10.3. The van der Waals surface area contributed by atoms with Gasteiger partial charge < -0.3 is 9.29 Å². The molecule has 0 bridgehead atoms. The summed E-state index contributed by atoms with van der Waals surface area (Å²) in [6.07, 6.45) is 12.8. The van der Waals surface area contributed by atoms with Gasteiger partial charge in [-0.25, -0.2) is 22.3 Å². The van der Waals surface area contributed by atoms with Crippen LogP contribution in [0.3, 0.4) is 0 Å². The largest absolute Gasteiger partial charge is 0.748 e. The van der Waals surface area contributed by atoms with E-state index in [9.17, 15) is 22.6 Å². The van der Waals surface area contributed by atoms with Crippen molar-refractivity contribution in [2.45, 2.75) is 91.6 Å². The summed E-state index contributed by atoms with van der Waals surface area (Å²) in [5, 5.41) is 0. The highest BCUT2D eigenvalue weighted by atomic mass is 32.2. The van der Waals surface area contributed by atoms with Gasteiger partial charge in [0, 0.05) is 36.7 Å². The SMILES string of the molecule is CCCCCCCCCCOC(=O)c1ccc2c(c1)n(CCCS(=O)(=O)[O-])c(/C=C/N(C(C)=O)c1ccccc1)[n+]2CC. The van der Waals surface area contributed by atoms with Gasteiger partial charge >= 0.3 is 5.97 Å². The molecule has 0 atom stereocenters. The zero-order chi connectivity index (χ0) is 31.2. The van der Waals surface area contributed by atoms with Crippen LogP contribution in [0.1, 0.15) is 94.7 Å². The van der Waals surface area contributed by atoms with Crippen LogP contribution in [-0.4, -0.2) is 41.8 Å². The Bertz CT molecular complexity index is 1480. The number of benzene rings is 2. The van der Waals surface area contributed by atoms with Gasteiger partial charge in [-0.05, 0) is 44.0 Å². The standard InChI is InChI=1S/C33H45N3O6S/c1-4-6-7-8-9-10-11-15-24-42-33(38)28-19-20-30-31(26-28)36(22-16-25-43(39,40)41)32(34(30)5-2)21-23-35(27(3)37)29-17-13-12-14-18-29/h12-14,17-21,23,26H,4-11,15-16,22,24-25H2,1-3H3. The number of aromatic nitrogens is 2. The molecule has 0 aliphatic carbocycles. The fraction of sp³-hybridized carbons (Fsp3) is 0.485. The molecule has 0 unspecified atom stereocenters. The van der Waals surface area contributed by atoms with Gasteiger partial charge in [0.15, 0.2) is 11.0 Å². The number of hydrogen-bond acceptors (Lipinski definition) is 6. The minimum absolute atomic E-state index is 0.0996. The Morgan fingerprint density at radius 3 is 2.26 bits per heavy atom. The second-order valence-electron chi connectivity index (χ2n) is 10.7. The van der Waals surface area contributed by atoms with Crippen LogP contribution in [0.15, 0.2) is 54.7 Å². The molecule has 10 heteroatoms. The number of aryl methyl sites for hydroxylation is 2. The van der Waals surface area contributed by atoms with Gasteiger partial charge in [0.25, 0.3) is 5.82 Å². The molecular formula is C33H45N3O6S. The second-order valence-corrected chi connectivity index (χ2v) is 12.2. The number of amides is 1. The van der Waals surface area contributed by atoms with Gasteiger partial charge in [0.1, 0.15) is 0 Å². The number of carbonyl (C=O) groups excluding carboxylic acids is 2. The Kier molecular flexibility index (Phi) is 13.4. The predicted molar refractivity (Wildman–Crippen MR) is 169 cm³/mol. The Balaban J connectivity index is 1.85. The lowest BCUT2D eigenvalue weighted by atomic mass is 10.1. The van der Waals surface area contributed by atoms with E-state index in [0.29, 0.717) is 35.7 Å². The number of fused-ring (bicyclic) bond motifs is 1. The summed E-state index contributed by atoms with van der Waals surface area (Å²) < 4.78 is 43.6. The fourth-order valence-corrected chi connectivity index (χ4v) is 5.70. The van der Waals surface area contributed by atoms with Gasteiger partial charge in [-0.1, -0.05) is 70.1 Å². The molecule has 0 saturated carbocycles. The van der Waals surface area contributed by atoms with Crippen molar-refractivity contribution in [3.05, 3.63) is 66.1 Å². The number of hydrogen-bond donors (Lipinski definition) is 0. The zero-order valence-corrected chi connectivity index (χ0v) is 26.5. The number of esters is 1. The van der Waals surface area contributed by atoms with Crippen LogP contribution >= 0.6 is 0 Å². The van der Waals surface area contributed by atoms with Gasteiger partial charge in [0.05, 0.1) is 35.4 Å². The first-order valence-electron chi connectivity index (χ1n) is 15.4. The molecule has 0 radical (unpaired) electrons. The van der Waals surface area contributed by atoms with E-state index < -0.39 is 21.8 Å². The minimum atomic E-state index is -4.39. The van der Waals surface area contributed by atoms with Crippen molar-refractivity contribution in [1.82, 2.24) is 4.57 Å². The Labute approximate surface area is 255 Å². The summed E-state index contributed by atoms with van der Waals surface area (Å²) in [4.78, 5) is 27.0. The van der Waals surface area contributed by atoms with Crippen LogP contribution in [0, 0.1) is 0 Å². The summed E-state index contributed by atoms with van der Waals surface area (Å²) in [6, 6.07) is 14.6. The predicted octanol–water partition coefficient (Wildman–Crippen LogP) is 6.21. The van der Waals surface area contributed by atoms with Gasteiger partial charge in [0.2, 0.25) is 5.91 Å². The van der Waals surface area contributed by atoms with Crippen molar-refractivity contribution < 1.29 is 31.9 Å². The number of carbonyl (C=O) groups is 2. The van der Waals surface area contributed by atoms with Crippen molar-refractivity contribution >= 4 is 44.8 Å². The molecule has 43 heavy (non-hydrogen) atoms. The van der Waals surface area contributed by atoms with Crippen molar-refractivity contribution in [2.75, 3.05) is 17.3 Å². The molecule has 234 valence electrons. The van der Waals surface area contributed by atoms with E-state index in [-0.39, 0.29) is 18.9 Å². The fourth-order valence-electron chi connectivity index (χ4n) is 5.22. The molecule has 0 fully saturated rings. The molecular weight excluding hydrogens is 566 g/mol. The van der Waals surface area contributed by atoms with Crippen LogP contribution < -0.4 is 9.47 Å². The zero-order valence-electron chi connectivity index (χ0n) is 25.7. The molecule has 0 saturated heterocycles. The molecule has 9 nitrogen and oxygen atoms in total. The van der Waals surface area contributed by atoms with Crippen LogP contribution in [0.25, 0.3) is 17.1 Å². The monoisotopic (exact) mass is 611 g/mol. The molecule has 1 heterocycles. The Morgan fingerprint density at radius 1 is 0.953 bits per heavy atom. The third-order valence-corrected chi connectivity index (χ3v) is 8.20. The number of ether oxygens (including phenoxy) is 1. The first kappa shape index (κ1) is 34.0. The topological polar surface area (TPSA) is 113 Å². The molecule has 2 aromatic carbocycles. The minimum Gasteiger partial charge on any atom is -0.748 e. The molecule has 0 aliphatic rings. The van der Waals surface area contributed by atoms with E-state index in [4.69, 9.17) is 4.74 Å². The highest BCUT2D eigenvalue weighted by molar-refractivity contribution is 7.85. The van der Waals surface area contributed by atoms with Crippen LogP contribution in [0.2, 0.25) is 0 Å². The lowest BCUT2D eigenvalue weighted by Crippen LogP contribution is -2.35. The molecule has 3 aromatic rings. The molecule has 1 amide bonds. The summed E-state index contributed by atoms with van der Waals surface area (Å²) in [7, 11) is -4.39. The van der Waals surface area contributed by atoms with E-state index >= 15 is 0 Å². The molecule has 0 N–H and O–H groups in total. The first-order valence-corrected chi connectivity index (χ1v) is 16.9. The van der Waals surface area contributed by atoms with E-state index in [1.165, 1.54) is 43.9 Å². The summed E-state index contributed by atoms with van der Waals surface area (Å²) in [5.41, 5.74) is 2.65. The van der Waals surface area contributed by atoms with Crippen LogP contribution in [0.5, 0.6) is 0 Å². The van der Waals surface area contributed by atoms with Crippen molar-refractivity contribution in [1.29, 1.82) is 0 Å². The summed E-state index contributed by atoms with van der Waals surface area (Å²) >= 11 is 0. The maximum Gasteiger partial charge on any atom is 0.338 e. The first-order chi connectivity index (χ1) is 20.7. The van der Waals surface area contributed by atoms with Crippen molar-refractivity contribution in [2.24, 2.45) is 0 Å². The summed E-state index contributed by atoms with van der Waals surface area (Å²) in [5.74, 6) is -0.391. The van der Waals surface area contributed by atoms with Crippen molar-refractivity contribution in [3.8, 4) is 0 Å². The van der Waals surface area contributed by atoms with E-state index in [2.05, 4.69) is 6.92 Å². The smallest absolute Gasteiger partial charge is 0.338 e. The summed E-state index contributed by atoms with van der Waals surface area (Å²) in [6.45, 7) is 6.83. The lowest BCUT2D eigenvalue weighted by Gasteiger charge is -2.16. The molecule has 0 aliphatic heterocycles. The Morgan fingerprint density at radius 2 is 1.63 bits per heavy atom. The van der Waals surface area contributed by atoms with Gasteiger partial charge in [-0.2, -0.15) is 0 Å². The number of unbranched alkanes of at least 4 members (excludes halogenated alkanes) is 7. The molecule has 3 rings (SSSR count). The van der Waals surface area contributed by atoms with Gasteiger partial charge in [-0.15, -0.1) is 0 Å². The molecule has 1 aromatic heterocycles. The Hall–Kier alpha value is -3.50. The maximum absolute atomic E-state index is 12.9. The number of anilines is 1. The molecule has 0 spiro atoms. The van der Waals surface area contributed by atoms with Crippen LogP contribution in [-0.2, 0) is 32.7 Å². The average Bonchev–Trinajstić information content (AvgIpc) is 3.27. The van der Waals surface area contributed by atoms with Crippen LogP contribution in [0.4, 0.5) is 5.69 Å². The van der Waals surface area contributed by atoms with E-state index in [0.717, 1.165) is 24.8 Å². The number of nitrogens with zero attached hydrogens (tertiary/aromatic N) is 3. The highest BCUT2D eigenvalue weighted by Gasteiger charge is 2.24. The third-order valence-electron chi connectivity index (χ3n) is 7.42. The lowest BCUT2D eigenvalue weighted by molar-refractivity contribution is -0.670. The van der Waals surface area contributed by atoms with E-state index in [1.54, 1.807) is 24.4 Å². The number of para-hydroxylation sites is 1. The number of imidazole rings is 1. The average molecular weight is 612 g/mol. The quantitative estimate of drug-likeness (QED) is 0.0732. The normalized spacial score (nSPS) is 11.8. The highest BCUT2D eigenvalue weighted by Crippen LogP contribution is 2.21. The van der Waals surface area contributed by atoms with Gasteiger partial charge in [-0.3, -0.25) is 9.69 Å².